The predicted octanol–water partition coefficient (Wildman–Crippen LogP) is 6.31. The molecule has 0 aliphatic rings. The van der Waals surface area contributed by atoms with Gasteiger partial charge in [0.2, 0.25) is 0 Å². The van der Waals surface area contributed by atoms with Crippen LogP contribution in [-0.4, -0.2) is 15.9 Å². The smallest absolute Gasteiger partial charge is 0.324 e. The Bertz CT molecular complexity index is 834. The summed E-state index contributed by atoms with van der Waals surface area (Å²) in [6.45, 7) is 0. The lowest BCUT2D eigenvalue weighted by atomic mass is 10.0. The summed E-state index contributed by atoms with van der Waals surface area (Å²) < 4.78 is 12.3. The van der Waals surface area contributed by atoms with Crippen LogP contribution in [0.4, 0.5) is 0 Å². The van der Waals surface area contributed by atoms with Crippen LogP contribution in [0, 0.1) is 2.88 Å². The van der Waals surface area contributed by atoms with Gasteiger partial charge in [-0.3, -0.25) is 4.57 Å². The summed E-state index contributed by atoms with van der Waals surface area (Å²) in [4.78, 5) is 21.9. The number of rotatable bonds is 7. The van der Waals surface area contributed by atoms with E-state index in [9.17, 15) is 4.57 Å². The second kappa shape index (κ2) is 8.12. The Kier molecular flexibility index (Phi) is 6.35. The van der Waals surface area contributed by atoms with Crippen molar-refractivity contribution in [1.29, 1.82) is 0 Å². The summed E-state index contributed by atoms with van der Waals surface area (Å²) in [7, 11) is -3.89. The Morgan fingerprint density at radius 1 is 1.04 bits per heavy atom. The SMILES string of the molecule is O=P(O)(O)CCCCc1c(I)sc(-c2cccs2)c1-c1cccs1. The topological polar surface area (TPSA) is 57.5 Å². The van der Waals surface area contributed by atoms with Crippen LogP contribution in [0.3, 0.4) is 0 Å². The van der Waals surface area contributed by atoms with Gasteiger partial charge in [-0.15, -0.1) is 34.0 Å². The van der Waals surface area contributed by atoms with Gasteiger partial charge >= 0.3 is 7.60 Å². The van der Waals surface area contributed by atoms with Gasteiger partial charge in [0.25, 0.3) is 0 Å². The van der Waals surface area contributed by atoms with Crippen molar-refractivity contribution in [3.63, 3.8) is 0 Å². The molecule has 0 atom stereocenters. The second-order valence-corrected chi connectivity index (χ2v) is 11.9. The van der Waals surface area contributed by atoms with Crippen molar-refractivity contribution >= 4 is 64.2 Å². The number of thiophene rings is 3. The highest BCUT2D eigenvalue weighted by atomic mass is 127. The van der Waals surface area contributed by atoms with Crippen molar-refractivity contribution < 1.29 is 14.4 Å². The van der Waals surface area contributed by atoms with Crippen molar-refractivity contribution in [3.8, 4) is 20.2 Å². The molecule has 3 nitrogen and oxygen atoms in total. The molecular weight excluding hydrogens is 494 g/mol. The number of hydrogen-bond donors (Lipinski definition) is 2. The van der Waals surface area contributed by atoms with Crippen LogP contribution in [0.5, 0.6) is 0 Å². The molecule has 128 valence electrons. The lowest BCUT2D eigenvalue weighted by Crippen LogP contribution is -1.93. The third-order valence-corrected chi connectivity index (χ3v) is 8.76. The molecule has 3 aromatic rings. The third-order valence-electron chi connectivity index (χ3n) is 3.60. The molecule has 0 fully saturated rings. The first-order valence-corrected chi connectivity index (χ1v) is 12.8. The fraction of sp³-hybridized carbons (Fsp3) is 0.250. The maximum Gasteiger partial charge on any atom is 0.325 e. The summed E-state index contributed by atoms with van der Waals surface area (Å²) in [5, 5.41) is 4.19. The third kappa shape index (κ3) is 4.58. The highest BCUT2D eigenvalue weighted by Crippen LogP contribution is 2.47. The molecule has 0 unspecified atom stereocenters. The molecule has 8 heteroatoms. The largest absolute Gasteiger partial charge is 0.325 e. The van der Waals surface area contributed by atoms with E-state index in [-0.39, 0.29) is 6.16 Å². The van der Waals surface area contributed by atoms with Gasteiger partial charge in [-0.2, -0.15) is 0 Å². The Morgan fingerprint density at radius 2 is 1.71 bits per heavy atom. The van der Waals surface area contributed by atoms with E-state index >= 15 is 0 Å². The first-order chi connectivity index (χ1) is 11.5. The highest BCUT2D eigenvalue weighted by Gasteiger charge is 2.21. The van der Waals surface area contributed by atoms with Gasteiger partial charge in [0.05, 0.1) is 7.76 Å². The normalized spacial score (nSPS) is 12.0. The predicted molar refractivity (Wildman–Crippen MR) is 114 cm³/mol. The van der Waals surface area contributed by atoms with E-state index in [1.54, 1.807) is 22.7 Å². The van der Waals surface area contributed by atoms with Gasteiger partial charge in [0.1, 0.15) is 0 Å². The minimum Gasteiger partial charge on any atom is -0.324 e. The molecule has 24 heavy (non-hydrogen) atoms. The molecule has 0 radical (unpaired) electrons. The lowest BCUT2D eigenvalue weighted by Gasteiger charge is -2.07. The van der Waals surface area contributed by atoms with Crippen molar-refractivity contribution in [2.45, 2.75) is 19.3 Å². The maximum absolute atomic E-state index is 11.0. The van der Waals surface area contributed by atoms with E-state index in [2.05, 4.69) is 57.6 Å². The minimum absolute atomic E-state index is 0.0279. The maximum atomic E-state index is 11.0. The highest BCUT2D eigenvalue weighted by molar-refractivity contribution is 14.1. The average molecular weight is 510 g/mol. The lowest BCUT2D eigenvalue weighted by molar-refractivity contribution is 0.371. The van der Waals surface area contributed by atoms with E-state index < -0.39 is 7.60 Å². The summed E-state index contributed by atoms with van der Waals surface area (Å²) in [6.07, 6.45) is 2.17. The first-order valence-electron chi connectivity index (χ1n) is 7.39. The molecule has 0 aliphatic heterocycles. The molecule has 0 saturated carbocycles. The summed E-state index contributed by atoms with van der Waals surface area (Å²) in [6, 6.07) is 8.45. The van der Waals surface area contributed by atoms with Crippen LogP contribution in [0.15, 0.2) is 35.0 Å². The number of unbranched alkanes of at least 4 members (excludes halogenated alkanes) is 1. The zero-order chi connectivity index (χ0) is 17.2. The van der Waals surface area contributed by atoms with Crippen LogP contribution < -0.4 is 0 Å². The Morgan fingerprint density at radius 3 is 2.29 bits per heavy atom. The molecule has 3 aromatic heterocycles. The van der Waals surface area contributed by atoms with E-state index in [1.165, 1.54) is 28.6 Å². The van der Waals surface area contributed by atoms with Crippen molar-refractivity contribution in [2.75, 3.05) is 6.16 Å². The van der Waals surface area contributed by atoms with Gasteiger partial charge in [0.15, 0.2) is 0 Å². The van der Waals surface area contributed by atoms with Crippen LogP contribution in [0.25, 0.3) is 20.2 Å². The van der Waals surface area contributed by atoms with Crippen molar-refractivity contribution in [2.24, 2.45) is 0 Å². The van der Waals surface area contributed by atoms with Crippen LogP contribution in [0.1, 0.15) is 18.4 Å². The molecule has 0 aromatic carbocycles. The Labute approximate surface area is 166 Å². The summed E-state index contributed by atoms with van der Waals surface area (Å²) >= 11 is 7.70. The number of halogens is 1. The molecule has 3 rings (SSSR count). The monoisotopic (exact) mass is 510 g/mol. The zero-order valence-corrected chi connectivity index (χ0v) is 18.1. The summed E-state index contributed by atoms with van der Waals surface area (Å²) in [5.41, 5.74) is 2.62. The Balaban J connectivity index is 1.90. The zero-order valence-electron chi connectivity index (χ0n) is 12.6. The molecule has 0 aliphatic carbocycles. The molecular formula is C16H16IO3PS3. The average Bonchev–Trinajstić information content (AvgIpc) is 3.23. The van der Waals surface area contributed by atoms with Gasteiger partial charge in [0, 0.05) is 21.5 Å². The first kappa shape index (κ1) is 18.8. The summed E-state index contributed by atoms with van der Waals surface area (Å²) in [5.74, 6) is 0. The molecule has 0 bridgehead atoms. The van der Waals surface area contributed by atoms with E-state index in [4.69, 9.17) is 9.79 Å². The standard InChI is InChI=1S/C16H16IO3PS3/c17-16-11(5-1-2-8-21(18,19)20)14(12-6-3-9-22-12)15(24-16)13-7-4-10-23-13/h3-4,6-7,9-10H,1-2,5,8H2,(H2,18,19,20). The van der Waals surface area contributed by atoms with Crippen LogP contribution >= 0.6 is 64.2 Å². The molecule has 2 N–H and O–H groups in total. The fourth-order valence-electron chi connectivity index (χ4n) is 2.54. The van der Waals surface area contributed by atoms with Crippen molar-refractivity contribution in [1.82, 2.24) is 0 Å². The van der Waals surface area contributed by atoms with Gasteiger partial charge in [-0.1, -0.05) is 12.1 Å². The van der Waals surface area contributed by atoms with Crippen LogP contribution in [0.2, 0.25) is 0 Å². The van der Waals surface area contributed by atoms with Gasteiger partial charge < -0.3 is 9.79 Å². The van der Waals surface area contributed by atoms with E-state index in [0.717, 1.165) is 12.8 Å². The quantitative estimate of drug-likeness (QED) is 0.223. The fourth-order valence-corrected chi connectivity index (χ4v) is 7.20. The van der Waals surface area contributed by atoms with Gasteiger partial charge in [-0.25, -0.2) is 0 Å². The van der Waals surface area contributed by atoms with Crippen LogP contribution in [-0.2, 0) is 11.0 Å². The minimum atomic E-state index is -3.89. The Hall–Kier alpha value is -0.0200. The van der Waals surface area contributed by atoms with E-state index in [0.29, 0.717) is 6.42 Å². The molecule has 0 amide bonds. The molecule has 0 spiro atoms. The van der Waals surface area contributed by atoms with Gasteiger partial charge in [-0.05, 0) is 70.3 Å². The van der Waals surface area contributed by atoms with E-state index in [1.807, 2.05) is 11.3 Å². The molecule has 0 saturated heterocycles. The molecule has 3 heterocycles. The second-order valence-electron chi connectivity index (χ2n) is 5.36. The van der Waals surface area contributed by atoms with Crippen molar-refractivity contribution in [3.05, 3.63) is 43.5 Å². The number of hydrogen-bond acceptors (Lipinski definition) is 4.